The van der Waals surface area contributed by atoms with Gasteiger partial charge in [0.15, 0.2) is 0 Å². The van der Waals surface area contributed by atoms with Crippen molar-refractivity contribution in [1.29, 1.82) is 0 Å². The Balaban J connectivity index is 2.11. The number of hydrogen-bond donors (Lipinski definition) is 5. The summed E-state index contributed by atoms with van der Waals surface area (Å²) in [5, 5.41) is 35.2. The lowest BCUT2D eigenvalue weighted by atomic mass is 10.1. The van der Waals surface area contributed by atoms with Crippen LogP contribution in [-0.2, 0) is 20.2 Å². The lowest BCUT2D eigenvalue weighted by Gasteiger charge is -2.11. The predicted octanol–water partition coefficient (Wildman–Crippen LogP) is 3.73. The first-order chi connectivity index (χ1) is 16.8. The second kappa shape index (κ2) is 10.2. The van der Waals surface area contributed by atoms with Gasteiger partial charge in [0.25, 0.3) is 20.2 Å². The average molecular weight is 536 g/mol. The van der Waals surface area contributed by atoms with Crippen LogP contribution in [0.3, 0.4) is 0 Å². The zero-order valence-electron chi connectivity index (χ0n) is 17.9. The maximum Gasteiger partial charge on any atom is 0.336 e. The molecular weight excluding hydrogens is 518 g/mol. The molecule has 0 spiro atoms. The number of anilines is 1. The third-order valence-corrected chi connectivity index (χ3v) is 6.23. The molecule has 0 aliphatic rings. The summed E-state index contributed by atoms with van der Waals surface area (Å²) in [5.41, 5.74) is 5.35. The van der Waals surface area contributed by atoms with E-state index >= 15 is 0 Å². The van der Waals surface area contributed by atoms with E-state index in [4.69, 9.17) is 10.3 Å². The highest BCUT2D eigenvalue weighted by atomic mass is 32.2. The van der Waals surface area contributed by atoms with Crippen molar-refractivity contribution in [3.63, 3.8) is 0 Å². The number of nitrogens with two attached hydrogens (primary N) is 1. The van der Waals surface area contributed by atoms with Gasteiger partial charge in [0.1, 0.15) is 11.4 Å². The Labute approximate surface area is 204 Å². The van der Waals surface area contributed by atoms with E-state index in [1.165, 1.54) is 24.3 Å². The minimum atomic E-state index is -4.72. The fourth-order valence-corrected chi connectivity index (χ4v) is 3.79. The lowest BCUT2D eigenvalue weighted by molar-refractivity contribution is 0.0694. The molecule has 6 N–H and O–H groups in total. The van der Waals surface area contributed by atoms with Gasteiger partial charge in [-0.3, -0.25) is 9.11 Å². The summed E-state index contributed by atoms with van der Waals surface area (Å²) in [4.78, 5) is 10.5. The molecule has 16 heteroatoms. The van der Waals surface area contributed by atoms with Crippen LogP contribution in [0.1, 0.15) is 22.1 Å². The number of aromatic carboxylic acids is 1. The van der Waals surface area contributed by atoms with Gasteiger partial charge >= 0.3 is 5.97 Å². The topological polar surface area (TPSA) is 242 Å². The van der Waals surface area contributed by atoms with Crippen LogP contribution in [0.15, 0.2) is 90.9 Å². The van der Waals surface area contributed by atoms with Crippen molar-refractivity contribution in [2.24, 2.45) is 20.5 Å². The number of carboxylic acids is 1. The van der Waals surface area contributed by atoms with Gasteiger partial charge in [-0.1, -0.05) is 6.07 Å². The van der Waals surface area contributed by atoms with Crippen LogP contribution in [0.2, 0.25) is 0 Å². The number of phenolic OH excluding ortho intramolecular Hbond substituents is 1. The molecule has 1 unspecified atom stereocenters. The van der Waals surface area contributed by atoms with Gasteiger partial charge in [-0.05, 0) is 48.5 Å². The first-order valence-electron chi connectivity index (χ1n) is 9.58. The highest BCUT2D eigenvalue weighted by Gasteiger charge is 2.23. The van der Waals surface area contributed by atoms with Crippen LogP contribution in [0.5, 0.6) is 5.75 Å². The average Bonchev–Trinajstić information content (AvgIpc) is 2.79. The highest BCUT2D eigenvalue weighted by Crippen LogP contribution is 2.33. The van der Waals surface area contributed by atoms with E-state index in [0.717, 1.165) is 30.3 Å². The smallest absolute Gasteiger partial charge is 0.336 e. The van der Waals surface area contributed by atoms with E-state index in [-0.39, 0.29) is 11.3 Å². The van der Waals surface area contributed by atoms with Crippen LogP contribution in [0, 0.1) is 0 Å². The molecule has 0 fully saturated rings. The van der Waals surface area contributed by atoms with Crippen molar-refractivity contribution in [1.82, 2.24) is 0 Å². The number of carbonyl (C=O) groups is 1. The molecule has 1 atom stereocenters. The summed E-state index contributed by atoms with van der Waals surface area (Å²) >= 11 is 0. The molecule has 0 heterocycles. The van der Waals surface area contributed by atoms with Crippen molar-refractivity contribution in [3.8, 4) is 5.75 Å². The summed E-state index contributed by atoms with van der Waals surface area (Å²) in [6, 6.07) is 11.4. The van der Waals surface area contributed by atoms with Crippen molar-refractivity contribution in [2.45, 2.75) is 16.0 Å². The van der Waals surface area contributed by atoms with Gasteiger partial charge in [-0.25, -0.2) is 4.79 Å². The molecule has 0 bridgehead atoms. The monoisotopic (exact) mass is 535 g/mol. The number of carboxylic acid groups (broad SMARTS) is 1. The quantitative estimate of drug-likeness (QED) is 0.159. The molecule has 0 amide bonds. The van der Waals surface area contributed by atoms with Crippen LogP contribution in [-0.4, -0.2) is 42.1 Å². The number of aromatic hydroxyl groups is 1. The van der Waals surface area contributed by atoms with Crippen molar-refractivity contribution < 1.29 is 40.9 Å². The second-order valence-electron chi connectivity index (χ2n) is 7.05. The first kappa shape index (κ1) is 26.4. The SMILES string of the molecule is Nc1ccc(N=NC(N=Nc2ccc(S(=O)(=O)O)cc2O)c2ccc(S(=O)(=O)O)cc2C(=O)O)cc1. The highest BCUT2D eigenvalue weighted by molar-refractivity contribution is 7.86. The zero-order chi connectivity index (χ0) is 26.7. The van der Waals surface area contributed by atoms with Gasteiger partial charge < -0.3 is 15.9 Å². The standard InChI is InChI=1S/C20H17N5O9S2/c21-11-1-3-12(4-2-11)22-24-19(15-7-5-13(35(29,30)31)9-16(15)20(27)28)25-23-17-8-6-14(10-18(17)26)36(32,33)34/h1-10,19,26H,21H2,(H,27,28)(H,29,30,31)(H,32,33,34). The van der Waals surface area contributed by atoms with Crippen LogP contribution < -0.4 is 5.73 Å². The molecule has 0 aliphatic carbocycles. The Bertz CT molecular complexity index is 1590. The normalized spacial score (nSPS) is 13.3. The molecule has 0 aromatic heterocycles. The number of phenols is 1. The van der Waals surface area contributed by atoms with E-state index in [9.17, 15) is 36.4 Å². The van der Waals surface area contributed by atoms with E-state index in [1.807, 2.05) is 0 Å². The van der Waals surface area contributed by atoms with E-state index < -0.39 is 53.5 Å². The lowest BCUT2D eigenvalue weighted by Crippen LogP contribution is -2.08. The fraction of sp³-hybridized carbons (Fsp3) is 0.0500. The van der Waals surface area contributed by atoms with Gasteiger partial charge in [0.05, 0.1) is 21.0 Å². The van der Waals surface area contributed by atoms with Crippen molar-refractivity contribution >= 4 is 43.3 Å². The maximum atomic E-state index is 11.8. The Kier molecular flexibility index (Phi) is 7.44. The Morgan fingerprint density at radius 1 is 0.806 bits per heavy atom. The Morgan fingerprint density at radius 3 is 1.92 bits per heavy atom. The number of hydrogen-bond acceptors (Lipinski definition) is 11. The van der Waals surface area contributed by atoms with Crippen molar-refractivity contribution in [2.75, 3.05) is 5.73 Å². The van der Waals surface area contributed by atoms with E-state index in [0.29, 0.717) is 17.4 Å². The van der Waals surface area contributed by atoms with E-state index in [1.54, 1.807) is 0 Å². The largest absolute Gasteiger partial charge is 0.506 e. The fourth-order valence-electron chi connectivity index (χ4n) is 2.78. The zero-order valence-corrected chi connectivity index (χ0v) is 19.5. The number of nitrogen functional groups attached to an aromatic ring is 1. The minimum absolute atomic E-state index is 0.174. The van der Waals surface area contributed by atoms with Crippen molar-refractivity contribution in [3.05, 3.63) is 71.8 Å². The van der Waals surface area contributed by atoms with Gasteiger partial charge in [-0.2, -0.15) is 32.2 Å². The van der Waals surface area contributed by atoms with Gasteiger partial charge in [0.2, 0.25) is 6.17 Å². The summed E-state index contributed by atoms with van der Waals surface area (Å²) in [6.45, 7) is 0. The number of rotatable bonds is 8. The van der Waals surface area contributed by atoms with Crippen LogP contribution in [0.4, 0.5) is 17.1 Å². The molecule has 3 aromatic carbocycles. The molecule has 36 heavy (non-hydrogen) atoms. The molecule has 188 valence electrons. The van der Waals surface area contributed by atoms with Gasteiger partial charge in [-0.15, -0.1) is 5.11 Å². The molecule has 3 rings (SSSR count). The Hall–Kier alpha value is -4.25. The molecule has 3 aromatic rings. The second-order valence-corrected chi connectivity index (χ2v) is 9.89. The third kappa shape index (κ3) is 6.45. The van der Waals surface area contributed by atoms with Crippen LogP contribution in [0.25, 0.3) is 0 Å². The minimum Gasteiger partial charge on any atom is -0.506 e. The Morgan fingerprint density at radius 2 is 1.36 bits per heavy atom. The van der Waals surface area contributed by atoms with E-state index in [2.05, 4.69) is 20.5 Å². The molecule has 0 radical (unpaired) electrons. The summed E-state index contributed by atoms with van der Waals surface area (Å²) < 4.78 is 63.7. The summed E-state index contributed by atoms with van der Waals surface area (Å²) in [5.74, 6) is -2.25. The molecule has 14 nitrogen and oxygen atoms in total. The van der Waals surface area contributed by atoms with Gasteiger partial charge in [0, 0.05) is 17.3 Å². The maximum absolute atomic E-state index is 11.8. The molecule has 0 aliphatic heterocycles. The predicted molar refractivity (Wildman–Crippen MR) is 124 cm³/mol. The first-order valence-corrected chi connectivity index (χ1v) is 12.5. The van der Waals surface area contributed by atoms with Crippen LogP contribution >= 0.6 is 0 Å². The number of nitrogens with zero attached hydrogens (tertiary/aromatic N) is 4. The summed E-state index contributed by atoms with van der Waals surface area (Å²) in [7, 11) is -9.32. The molecular formula is C20H17N5O9S2. The number of benzene rings is 3. The number of azo groups is 2. The third-order valence-electron chi connectivity index (χ3n) is 4.53. The summed E-state index contributed by atoms with van der Waals surface area (Å²) in [6.07, 6.45) is -1.50. The molecule has 0 saturated heterocycles. The molecule has 0 saturated carbocycles.